The van der Waals surface area contributed by atoms with Gasteiger partial charge in [-0.05, 0) is 89.0 Å². The summed E-state index contributed by atoms with van der Waals surface area (Å²) in [5, 5.41) is 13.5. The number of fused-ring (bicyclic) bond motifs is 3. The molecule has 8 unspecified atom stereocenters. The highest BCUT2D eigenvalue weighted by Crippen LogP contribution is 2.52. The molecule has 6 rings (SSSR count). The lowest BCUT2D eigenvalue weighted by Gasteiger charge is -2.59. The molecule has 2 N–H and O–H groups in total. The molecule has 0 aromatic rings. The van der Waals surface area contributed by atoms with Crippen molar-refractivity contribution in [3.05, 3.63) is 0 Å². The number of aliphatic hydroxyl groups is 1. The summed E-state index contributed by atoms with van der Waals surface area (Å²) in [6.07, 6.45) is 6.06. The first-order chi connectivity index (χ1) is 16.7. The standard InChI is InChI=1S/C26H40Cl2F2N2O3/c27-19-3-1-16(11-21(19)29)17-5-10-32(14-17)25-6-8-26(9-7-25,23(33)13-25)31-24(34)15-35-18-2-4-20(28)22(30)12-18/h16-23,33H,1-15H2,(H,31,34). The van der Waals surface area contributed by atoms with Gasteiger partial charge in [-0.3, -0.25) is 9.69 Å². The van der Waals surface area contributed by atoms with Gasteiger partial charge in [0.05, 0.1) is 28.5 Å². The first-order valence-corrected chi connectivity index (χ1v) is 14.5. The Balaban J connectivity index is 1.12. The zero-order chi connectivity index (χ0) is 24.8. The maximum Gasteiger partial charge on any atom is 0.246 e. The monoisotopic (exact) mass is 536 g/mol. The Kier molecular flexibility index (Phi) is 7.93. The molecule has 5 saturated carbocycles. The van der Waals surface area contributed by atoms with Crippen LogP contribution in [0.2, 0.25) is 0 Å². The van der Waals surface area contributed by atoms with Gasteiger partial charge in [-0.1, -0.05) is 0 Å². The first kappa shape index (κ1) is 26.4. The molecule has 35 heavy (non-hydrogen) atoms. The third-order valence-electron chi connectivity index (χ3n) is 10.1. The molecule has 9 heteroatoms. The first-order valence-electron chi connectivity index (χ1n) is 13.6. The van der Waals surface area contributed by atoms with E-state index in [-0.39, 0.29) is 36.0 Å². The number of hydrogen-bond donors (Lipinski definition) is 2. The molecule has 8 atom stereocenters. The van der Waals surface area contributed by atoms with Gasteiger partial charge in [-0.15, -0.1) is 23.2 Å². The van der Waals surface area contributed by atoms with Gasteiger partial charge in [0.25, 0.3) is 0 Å². The number of hydrogen-bond acceptors (Lipinski definition) is 4. The van der Waals surface area contributed by atoms with Gasteiger partial charge in [0, 0.05) is 18.5 Å². The molecule has 5 nitrogen and oxygen atoms in total. The van der Waals surface area contributed by atoms with Crippen molar-refractivity contribution in [2.75, 3.05) is 19.7 Å². The second-order valence-electron chi connectivity index (χ2n) is 12.0. The van der Waals surface area contributed by atoms with Crippen LogP contribution in [0.3, 0.4) is 0 Å². The van der Waals surface area contributed by atoms with Gasteiger partial charge in [0.1, 0.15) is 19.0 Å². The fourth-order valence-electron chi connectivity index (χ4n) is 7.75. The van der Waals surface area contributed by atoms with E-state index in [1.165, 1.54) is 0 Å². The third-order valence-corrected chi connectivity index (χ3v) is 11.0. The van der Waals surface area contributed by atoms with E-state index in [1.54, 1.807) is 0 Å². The van der Waals surface area contributed by atoms with E-state index in [0.29, 0.717) is 37.5 Å². The number of halogens is 4. The topological polar surface area (TPSA) is 61.8 Å². The SMILES string of the molecule is O=C(COC1CCC(Cl)C(F)C1)NC12CCC(N3CCC(C4CCC(Cl)C(F)C4)C3)(CC1)CC2O. The number of nitrogens with zero attached hydrogens (tertiary/aromatic N) is 1. The number of alkyl halides is 4. The summed E-state index contributed by atoms with van der Waals surface area (Å²) in [6, 6.07) is 0. The number of carbonyl (C=O) groups excluding carboxylic acids is 1. The lowest BCUT2D eigenvalue weighted by atomic mass is 9.59. The van der Waals surface area contributed by atoms with Crippen LogP contribution in [-0.4, -0.2) is 82.0 Å². The maximum atomic E-state index is 14.2. The van der Waals surface area contributed by atoms with Crippen LogP contribution in [0.25, 0.3) is 0 Å². The predicted octanol–water partition coefficient (Wildman–Crippen LogP) is 4.50. The van der Waals surface area contributed by atoms with Gasteiger partial charge in [0.15, 0.2) is 0 Å². The van der Waals surface area contributed by atoms with Crippen LogP contribution >= 0.6 is 23.2 Å². The molecule has 0 aromatic heterocycles. The van der Waals surface area contributed by atoms with Crippen LogP contribution in [0.15, 0.2) is 0 Å². The number of carbonyl (C=O) groups is 1. The maximum absolute atomic E-state index is 14.2. The van der Waals surface area contributed by atoms with E-state index >= 15 is 0 Å². The van der Waals surface area contributed by atoms with Crippen LogP contribution in [-0.2, 0) is 9.53 Å². The van der Waals surface area contributed by atoms with Gasteiger partial charge in [0.2, 0.25) is 5.91 Å². The van der Waals surface area contributed by atoms with Crippen molar-refractivity contribution in [1.82, 2.24) is 10.2 Å². The molecule has 2 bridgehead atoms. The fourth-order valence-corrected chi connectivity index (χ4v) is 8.21. The number of likely N-dealkylation sites (tertiary alicyclic amines) is 1. The molecule has 5 aliphatic carbocycles. The summed E-state index contributed by atoms with van der Waals surface area (Å²) in [4.78, 5) is 15.3. The fraction of sp³-hybridized carbons (Fsp3) is 0.962. The Morgan fingerprint density at radius 1 is 0.971 bits per heavy atom. The number of amides is 1. The van der Waals surface area contributed by atoms with Gasteiger partial charge < -0.3 is 15.2 Å². The Morgan fingerprint density at radius 3 is 2.31 bits per heavy atom. The van der Waals surface area contributed by atoms with Crippen LogP contribution in [0.4, 0.5) is 8.78 Å². The molecular weight excluding hydrogens is 497 g/mol. The minimum atomic E-state index is -1.09. The van der Waals surface area contributed by atoms with Crippen molar-refractivity contribution < 1.29 is 23.4 Å². The highest BCUT2D eigenvalue weighted by molar-refractivity contribution is 6.21. The van der Waals surface area contributed by atoms with E-state index in [4.69, 9.17) is 27.9 Å². The number of aliphatic hydroxyl groups excluding tert-OH is 1. The van der Waals surface area contributed by atoms with Crippen molar-refractivity contribution in [3.8, 4) is 0 Å². The molecular formula is C26H40Cl2F2N2O3. The molecule has 0 aromatic carbocycles. The van der Waals surface area contributed by atoms with Crippen LogP contribution in [0, 0.1) is 11.8 Å². The Labute approximate surface area is 217 Å². The van der Waals surface area contributed by atoms with E-state index in [0.717, 1.165) is 58.0 Å². The highest BCUT2D eigenvalue weighted by Gasteiger charge is 2.57. The average Bonchev–Trinajstić information content (AvgIpc) is 3.34. The minimum Gasteiger partial charge on any atom is -0.391 e. The summed E-state index contributed by atoms with van der Waals surface area (Å²) in [5.74, 6) is 0.676. The minimum absolute atomic E-state index is 0.0215. The lowest BCUT2D eigenvalue weighted by Crippen LogP contribution is -2.70. The van der Waals surface area contributed by atoms with Gasteiger partial charge in [-0.25, -0.2) is 8.78 Å². The quantitative estimate of drug-likeness (QED) is 0.490. The zero-order valence-corrected chi connectivity index (χ0v) is 22.0. The van der Waals surface area contributed by atoms with E-state index in [2.05, 4.69) is 10.2 Å². The summed E-state index contributed by atoms with van der Waals surface area (Å²) < 4.78 is 33.8. The van der Waals surface area contributed by atoms with Crippen LogP contribution in [0.1, 0.15) is 77.0 Å². The largest absolute Gasteiger partial charge is 0.391 e. The molecule has 0 radical (unpaired) electrons. The molecule has 6 fully saturated rings. The molecule has 0 spiro atoms. The zero-order valence-electron chi connectivity index (χ0n) is 20.4. The van der Waals surface area contributed by atoms with E-state index in [9.17, 15) is 18.7 Å². The van der Waals surface area contributed by atoms with Crippen molar-refractivity contribution in [3.63, 3.8) is 0 Å². The smallest absolute Gasteiger partial charge is 0.246 e. The van der Waals surface area contributed by atoms with Gasteiger partial charge >= 0.3 is 0 Å². The van der Waals surface area contributed by atoms with Crippen molar-refractivity contribution in [2.45, 2.75) is 123 Å². The molecule has 1 saturated heterocycles. The molecule has 1 aliphatic heterocycles. The second-order valence-corrected chi connectivity index (χ2v) is 13.1. The summed E-state index contributed by atoms with van der Waals surface area (Å²) in [7, 11) is 0. The van der Waals surface area contributed by atoms with Crippen molar-refractivity contribution in [2.24, 2.45) is 11.8 Å². The second kappa shape index (κ2) is 10.5. The summed E-state index contributed by atoms with van der Waals surface area (Å²) in [6.45, 7) is 1.87. The highest BCUT2D eigenvalue weighted by atomic mass is 35.5. The third kappa shape index (κ3) is 5.36. The molecule has 1 heterocycles. The van der Waals surface area contributed by atoms with Crippen molar-refractivity contribution >= 4 is 29.1 Å². The Bertz CT molecular complexity index is 769. The van der Waals surface area contributed by atoms with E-state index < -0.39 is 29.4 Å². The summed E-state index contributed by atoms with van der Waals surface area (Å²) >= 11 is 12.0. The molecule has 200 valence electrons. The average molecular weight is 538 g/mol. The predicted molar refractivity (Wildman–Crippen MR) is 132 cm³/mol. The Morgan fingerprint density at radius 2 is 1.66 bits per heavy atom. The van der Waals surface area contributed by atoms with Crippen LogP contribution < -0.4 is 5.32 Å². The normalized spacial score (nSPS) is 48.7. The van der Waals surface area contributed by atoms with Crippen molar-refractivity contribution in [1.29, 1.82) is 0 Å². The summed E-state index contributed by atoms with van der Waals surface area (Å²) in [5.41, 5.74) is -0.621. The lowest BCUT2D eigenvalue weighted by molar-refractivity contribution is -0.142. The Hall–Kier alpha value is -0.210. The number of ether oxygens (including phenoxy) is 1. The van der Waals surface area contributed by atoms with Crippen LogP contribution in [0.5, 0.6) is 0 Å². The van der Waals surface area contributed by atoms with Gasteiger partial charge in [-0.2, -0.15) is 0 Å². The number of rotatable bonds is 6. The van der Waals surface area contributed by atoms with E-state index in [1.807, 2.05) is 0 Å². The number of nitrogens with one attached hydrogen (secondary N) is 1. The molecule has 1 amide bonds. The molecule has 6 aliphatic rings.